The summed E-state index contributed by atoms with van der Waals surface area (Å²) in [6.07, 6.45) is 2.60. The van der Waals surface area contributed by atoms with Crippen molar-refractivity contribution in [2.24, 2.45) is 7.05 Å². The van der Waals surface area contributed by atoms with Crippen molar-refractivity contribution in [3.63, 3.8) is 0 Å². The Hall–Kier alpha value is -1.85. The lowest BCUT2D eigenvalue weighted by Gasteiger charge is -2.18. The number of aromatic nitrogens is 2. The van der Waals surface area contributed by atoms with Gasteiger partial charge in [0.05, 0.1) is 11.9 Å². The summed E-state index contributed by atoms with van der Waals surface area (Å²) in [7, 11) is 1.57. The van der Waals surface area contributed by atoms with Crippen molar-refractivity contribution >= 4 is 23.0 Å². The molecule has 0 spiro atoms. The van der Waals surface area contributed by atoms with Crippen LogP contribution in [-0.2, 0) is 20.0 Å². The number of nitrogens with zero attached hydrogens (tertiary/aromatic N) is 2. The molecule has 1 aliphatic rings. The fourth-order valence-corrected chi connectivity index (χ4v) is 2.53. The summed E-state index contributed by atoms with van der Waals surface area (Å²) >= 11 is 6.04. The highest BCUT2D eigenvalue weighted by molar-refractivity contribution is 6.33. The molecule has 2 heterocycles. The second-order valence-electron chi connectivity index (χ2n) is 4.84. The molecule has 0 unspecified atom stereocenters. The molecule has 3 rings (SSSR count). The molecule has 2 aromatic rings. The summed E-state index contributed by atoms with van der Waals surface area (Å²) in [4.78, 5) is 11.7. The number of hydrogen-bond acceptors (Lipinski definition) is 4. The Morgan fingerprint density at radius 2 is 2.25 bits per heavy atom. The van der Waals surface area contributed by atoms with Crippen molar-refractivity contribution in [1.82, 2.24) is 15.1 Å². The molecule has 0 bridgehead atoms. The summed E-state index contributed by atoms with van der Waals surface area (Å²) in [6.45, 7) is 1.89. The van der Waals surface area contributed by atoms with Crippen LogP contribution in [0.4, 0.5) is 11.4 Å². The molecule has 0 saturated heterocycles. The van der Waals surface area contributed by atoms with Crippen molar-refractivity contribution in [2.45, 2.75) is 13.0 Å². The normalized spacial score (nSPS) is 13.9. The molecule has 5 nitrogen and oxygen atoms in total. The third-order valence-electron chi connectivity index (χ3n) is 3.45. The second kappa shape index (κ2) is 5.26. The van der Waals surface area contributed by atoms with E-state index in [1.165, 1.54) is 15.8 Å². The summed E-state index contributed by atoms with van der Waals surface area (Å²) in [5.41, 5.74) is 3.76. The lowest BCUT2D eigenvalue weighted by atomic mass is 10.0. The molecule has 6 heteroatoms. The van der Waals surface area contributed by atoms with Crippen LogP contribution in [0.2, 0.25) is 5.02 Å². The van der Waals surface area contributed by atoms with E-state index in [4.69, 9.17) is 11.6 Å². The number of aryl methyl sites for hydroxylation is 1. The molecule has 1 aromatic carbocycles. The fraction of sp³-hybridized carbons (Fsp3) is 0.286. The average Bonchev–Trinajstić information content (AvgIpc) is 2.48. The van der Waals surface area contributed by atoms with E-state index in [0.717, 1.165) is 25.2 Å². The first kappa shape index (κ1) is 13.1. The van der Waals surface area contributed by atoms with Gasteiger partial charge in [-0.1, -0.05) is 17.7 Å². The molecule has 0 atom stereocenters. The lowest BCUT2D eigenvalue weighted by Crippen LogP contribution is -2.23. The molecule has 0 amide bonds. The van der Waals surface area contributed by atoms with Gasteiger partial charge in [-0.3, -0.25) is 4.79 Å². The molecule has 1 aromatic heterocycles. The van der Waals surface area contributed by atoms with E-state index in [1.54, 1.807) is 13.2 Å². The first-order chi connectivity index (χ1) is 9.65. The maximum Gasteiger partial charge on any atom is 0.287 e. The van der Waals surface area contributed by atoms with Crippen LogP contribution in [0.3, 0.4) is 0 Å². The van der Waals surface area contributed by atoms with Gasteiger partial charge in [0.2, 0.25) is 0 Å². The molecule has 0 aliphatic carbocycles. The molecule has 0 radical (unpaired) electrons. The van der Waals surface area contributed by atoms with Crippen molar-refractivity contribution in [1.29, 1.82) is 0 Å². The van der Waals surface area contributed by atoms with Gasteiger partial charge in [-0.15, -0.1) is 0 Å². The number of benzene rings is 1. The third-order valence-corrected chi connectivity index (χ3v) is 3.82. The highest BCUT2D eigenvalue weighted by Gasteiger charge is 2.11. The molecule has 0 fully saturated rings. The quantitative estimate of drug-likeness (QED) is 0.886. The largest absolute Gasteiger partial charge is 0.353 e. The lowest BCUT2D eigenvalue weighted by molar-refractivity contribution is 0.644. The third kappa shape index (κ3) is 2.42. The van der Waals surface area contributed by atoms with Gasteiger partial charge in [-0.05, 0) is 36.2 Å². The van der Waals surface area contributed by atoms with Crippen LogP contribution in [-0.4, -0.2) is 16.3 Å². The zero-order chi connectivity index (χ0) is 14.1. The first-order valence-corrected chi connectivity index (χ1v) is 6.84. The minimum Gasteiger partial charge on any atom is -0.353 e. The van der Waals surface area contributed by atoms with E-state index < -0.39 is 0 Å². The number of hydrogen-bond donors (Lipinski definition) is 2. The van der Waals surface area contributed by atoms with Crippen LogP contribution in [0.25, 0.3) is 0 Å². The highest BCUT2D eigenvalue weighted by atomic mass is 35.5. The summed E-state index contributed by atoms with van der Waals surface area (Å²) in [5.74, 6) is 0. The van der Waals surface area contributed by atoms with Crippen molar-refractivity contribution in [3.8, 4) is 0 Å². The number of fused-ring (bicyclic) bond motifs is 1. The standard InChI is InChI=1S/C14H15ClN4O/c1-19-14(20)13(15)12(8-17-19)18-11-3-2-9-4-5-16-7-10(9)6-11/h2-3,6,8,16,18H,4-5,7H2,1H3. The maximum absolute atomic E-state index is 11.7. The molecule has 0 saturated carbocycles. The summed E-state index contributed by atoms with van der Waals surface area (Å²) in [5, 5.41) is 10.6. The monoisotopic (exact) mass is 290 g/mol. The number of halogens is 1. The van der Waals surface area contributed by atoms with Crippen molar-refractivity contribution in [3.05, 3.63) is 50.9 Å². The van der Waals surface area contributed by atoms with E-state index in [2.05, 4.69) is 27.9 Å². The molecular formula is C14H15ClN4O. The van der Waals surface area contributed by atoms with Gasteiger partial charge in [0.15, 0.2) is 0 Å². The highest BCUT2D eigenvalue weighted by Crippen LogP contribution is 2.24. The van der Waals surface area contributed by atoms with Crippen LogP contribution >= 0.6 is 11.6 Å². The Bertz CT molecular complexity index is 711. The number of rotatable bonds is 2. The zero-order valence-electron chi connectivity index (χ0n) is 11.1. The Balaban J connectivity index is 1.92. The van der Waals surface area contributed by atoms with Crippen LogP contribution in [0, 0.1) is 0 Å². The van der Waals surface area contributed by atoms with Gasteiger partial charge in [-0.25, -0.2) is 4.68 Å². The smallest absolute Gasteiger partial charge is 0.287 e. The average molecular weight is 291 g/mol. The first-order valence-electron chi connectivity index (χ1n) is 6.46. The van der Waals surface area contributed by atoms with E-state index in [-0.39, 0.29) is 10.6 Å². The zero-order valence-corrected chi connectivity index (χ0v) is 11.9. The van der Waals surface area contributed by atoms with Gasteiger partial charge < -0.3 is 10.6 Å². The topological polar surface area (TPSA) is 59.0 Å². The van der Waals surface area contributed by atoms with Crippen molar-refractivity contribution in [2.75, 3.05) is 11.9 Å². The van der Waals surface area contributed by atoms with Crippen LogP contribution < -0.4 is 16.2 Å². The molecule has 20 heavy (non-hydrogen) atoms. The summed E-state index contributed by atoms with van der Waals surface area (Å²) in [6, 6.07) is 6.19. The maximum atomic E-state index is 11.7. The predicted octanol–water partition coefficient (Wildman–Crippen LogP) is 1.82. The van der Waals surface area contributed by atoms with Crippen LogP contribution in [0.1, 0.15) is 11.1 Å². The molecule has 1 aliphatic heterocycles. The van der Waals surface area contributed by atoms with Gasteiger partial charge >= 0.3 is 0 Å². The van der Waals surface area contributed by atoms with E-state index >= 15 is 0 Å². The molecular weight excluding hydrogens is 276 g/mol. The Morgan fingerprint density at radius 1 is 1.40 bits per heavy atom. The van der Waals surface area contributed by atoms with Gasteiger partial charge in [0.25, 0.3) is 5.56 Å². The second-order valence-corrected chi connectivity index (χ2v) is 5.21. The minimum absolute atomic E-state index is 0.151. The fourth-order valence-electron chi connectivity index (χ4n) is 2.31. The number of anilines is 2. The van der Waals surface area contributed by atoms with Gasteiger partial charge in [0.1, 0.15) is 5.02 Å². The number of nitrogens with one attached hydrogen (secondary N) is 2. The van der Waals surface area contributed by atoms with E-state index in [9.17, 15) is 4.79 Å². The summed E-state index contributed by atoms with van der Waals surface area (Å²) < 4.78 is 1.21. The Kier molecular flexibility index (Phi) is 3.46. The van der Waals surface area contributed by atoms with Gasteiger partial charge in [-0.2, -0.15) is 5.10 Å². The van der Waals surface area contributed by atoms with Gasteiger partial charge in [0, 0.05) is 19.3 Å². The van der Waals surface area contributed by atoms with Crippen LogP contribution in [0.15, 0.2) is 29.2 Å². The predicted molar refractivity (Wildman–Crippen MR) is 79.6 cm³/mol. The minimum atomic E-state index is -0.309. The molecule has 2 N–H and O–H groups in total. The Morgan fingerprint density at radius 3 is 3.10 bits per heavy atom. The van der Waals surface area contributed by atoms with Crippen LogP contribution in [0.5, 0.6) is 0 Å². The molecule has 104 valence electrons. The van der Waals surface area contributed by atoms with E-state index in [0.29, 0.717) is 5.69 Å². The Labute approximate surface area is 121 Å². The SMILES string of the molecule is Cn1ncc(Nc2ccc3c(c2)CNCC3)c(Cl)c1=O. The van der Waals surface area contributed by atoms with E-state index in [1.807, 2.05) is 6.07 Å². The van der Waals surface area contributed by atoms with Crippen molar-refractivity contribution < 1.29 is 0 Å².